The SMILES string of the molecule is NCCC(O)c1c(Br)ccc(O)c1F. The lowest BCUT2D eigenvalue weighted by Gasteiger charge is -2.13. The number of aliphatic hydroxyl groups excluding tert-OH is 1. The summed E-state index contributed by atoms with van der Waals surface area (Å²) in [6.07, 6.45) is -0.750. The van der Waals surface area contributed by atoms with Crippen LogP contribution >= 0.6 is 15.9 Å². The van der Waals surface area contributed by atoms with E-state index in [1.807, 2.05) is 0 Å². The minimum absolute atomic E-state index is 0.0513. The highest BCUT2D eigenvalue weighted by molar-refractivity contribution is 9.10. The highest BCUT2D eigenvalue weighted by atomic mass is 79.9. The number of aromatic hydroxyl groups is 1. The molecule has 0 bridgehead atoms. The summed E-state index contributed by atoms with van der Waals surface area (Å²) in [4.78, 5) is 0. The molecular formula is C9H11BrFNO2. The third-order valence-corrected chi connectivity index (χ3v) is 2.57. The van der Waals surface area contributed by atoms with Crippen LogP contribution in [-0.2, 0) is 0 Å². The molecule has 0 heterocycles. The molecule has 0 amide bonds. The molecule has 78 valence electrons. The average Bonchev–Trinajstić information content (AvgIpc) is 2.13. The molecule has 0 radical (unpaired) electrons. The molecule has 0 aromatic heterocycles. The van der Waals surface area contributed by atoms with Crippen molar-refractivity contribution in [2.75, 3.05) is 6.54 Å². The summed E-state index contributed by atoms with van der Waals surface area (Å²) in [6, 6.07) is 2.70. The lowest BCUT2D eigenvalue weighted by molar-refractivity contribution is 0.164. The van der Waals surface area contributed by atoms with Crippen LogP contribution in [0.4, 0.5) is 4.39 Å². The first-order valence-corrected chi connectivity index (χ1v) is 4.92. The molecule has 0 aliphatic carbocycles. The van der Waals surface area contributed by atoms with Crippen molar-refractivity contribution < 1.29 is 14.6 Å². The van der Waals surface area contributed by atoms with Gasteiger partial charge in [0.2, 0.25) is 0 Å². The molecule has 0 saturated carbocycles. The van der Waals surface area contributed by atoms with E-state index in [0.717, 1.165) is 0 Å². The number of hydrogen-bond acceptors (Lipinski definition) is 3. The standard InChI is InChI=1S/C9H11BrFNO2/c10-5-1-2-7(14)9(11)8(5)6(13)3-4-12/h1-2,6,13-14H,3-4,12H2. The van der Waals surface area contributed by atoms with E-state index in [2.05, 4.69) is 15.9 Å². The summed E-state index contributed by atoms with van der Waals surface area (Å²) in [5, 5.41) is 18.6. The predicted molar refractivity (Wildman–Crippen MR) is 54.4 cm³/mol. The number of benzene rings is 1. The Labute approximate surface area is 89.5 Å². The first kappa shape index (κ1) is 11.4. The molecule has 3 nitrogen and oxygen atoms in total. The number of phenols is 1. The van der Waals surface area contributed by atoms with Gasteiger partial charge in [-0.05, 0) is 25.1 Å². The first-order chi connectivity index (χ1) is 6.57. The zero-order valence-corrected chi connectivity index (χ0v) is 8.96. The smallest absolute Gasteiger partial charge is 0.171 e. The zero-order chi connectivity index (χ0) is 10.7. The normalized spacial score (nSPS) is 12.9. The van der Waals surface area contributed by atoms with E-state index >= 15 is 0 Å². The van der Waals surface area contributed by atoms with E-state index < -0.39 is 17.7 Å². The Kier molecular flexibility index (Phi) is 3.86. The van der Waals surface area contributed by atoms with Crippen LogP contribution < -0.4 is 5.73 Å². The Morgan fingerprint density at radius 1 is 1.50 bits per heavy atom. The largest absolute Gasteiger partial charge is 0.505 e. The fourth-order valence-electron chi connectivity index (χ4n) is 1.17. The van der Waals surface area contributed by atoms with E-state index in [9.17, 15) is 9.50 Å². The molecule has 0 aliphatic heterocycles. The van der Waals surface area contributed by atoms with Crippen molar-refractivity contribution in [3.05, 3.63) is 28.0 Å². The van der Waals surface area contributed by atoms with Crippen LogP contribution in [0.3, 0.4) is 0 Å². The van der Waals surface area contributed by atoms with E-state index in [-0.39, 0.29) is 18.5 Å². The first-order valence-electron chi connectivity index (χ1n) is 4.13. The second-order valence-electron chi connectivity index (χ2n) is 2.89. The lowest BCUT2D eigenvalue weighted by atomic mass is 10.1. The van der Waals surface area contributed by atoms with Gasteiger partial charge in [-0.2, -0.15) is 0 Å². The van der Waals surface area contributed by atoms with Crippen LogP contribution in [0.2, 0.25) is 0 Å². The van der Waals surface area contributed by atoms with E-state index in [4.69, 9.17) is 10.8 Å². The van der Waals surface area contributed by atoms with Crippen molar-refractivity contribution >= 4 is 15.9 Å². The minimum atomic E-state index is -0.999. The fourth-order valence-corrected chi connectivity index (χ4v) is 1.74. The minimum Gasteiger partial charge on any atom is -0.505 e. The van der Waals surface area contributed by atoms with Gasteiger partial charge in [0.15, 0.2) is 11.6 Å². The summed E-state index contributed by atoms with van der Waals surface area (Å²) in [5.74, 6) is -1.28. The quantitative estimate of drug-likeness (QED) is 0.778. The molecule has 4 N–H and O–H groups in total. The Bertz CT molecular complexity index is 333. The van der Waals surface area contributed by atoms with Crippen molar-refractivity contribution in [2.24, 2.45) is 5.73 Å². The van der Waals surface area contributed by atoms with Crippen LogP contribution in [0.15, 0.2) is 16.6 Å². The van der Waals surface area contributed by atoms with Gasteiger partial charge in [0.1, 0.15) is 0 Å². The van der Waals surface area contributed by atoms with Crippen LogP contribution in [-0.4, -0.2) is 16.8 Å². The molecule has 1 aromatic carbocycles. The monoisotopic (exact) mass is 263 g/mol. The highest BCUT2D eigenvalue weighted by Crippen LogP contribution is 2.32. The molecule has 0 spiro atoms. The second kappa shape index (κ2) is 4.72. The number of aliphatic hydroxyl groups is 1. The Hall–Kier alpha value is -0.650. The van der Waals surface area contributed by atoms with Crippen LogP contribution in [0.5, 0.6) is 5.75 Å². The molecule has 0 saturated heterocycles. The number of phenolic OH excluding ortho intramolecular Hbond substituents is 1. The van der Waals surface area contributed by atoms with Crippen LogP contribution in [0.1, 0.15) is 18.1 Å². The van der Waals surface area contributed by atoms with Gasteiger partial charge < -0.3 is 15.9 Å². The summed E-state index contributed by atoms with van der Waals surface area (Å²) in [7, 11) is 0. The molecule has 5 heteroatoms. The summed E-state index contributed by atoms with van der Waals surface area (Å²) in [5.41, 5.74) is 5.30. The summed E-state index contributed by atoms with van der Waals surface area (Å²) >= 11 is 3.10. The van der Waals surface area contributed by atoms with Crippen LogP contribution in [0, 0.1) is 5.82 Å². The van der Waals surface area contributed by atoms with Crippen molar-refractivity contribution in [2.45, 2.75) is 12.5 Å². The van der Waals surface area contributed by atoms with Gasteiger partial charge in [-0.25, -0.2) is 4.39 Å². The molecule has 1 aromatic rings. The van der Waals surface area contributed by atoms with Crippen molar-refractivity contribution in [3.8, 4) is 5.75 Å². The number of halogens is 2. The molecule has 0 aliphatic rings. The van der Waals surface area contributed by atoms with Gasteiger partial charge in [0, 0.05) is 10.0 Å². The second-order valence-corrected chi connectivity index (χ2v) is 3.74. The third kappa shape index (κ3) is 2.23. The Morgan fingerprint density at radius 3 is 2.71 bits per heavy atom. The Balaban J connectivity index is 3.11. The molecule has 0 fully saturated rings. The van der Waals surface area contributed by atoms with Gasteiger partial charge in [-0.15, -0.1) is 0 Å². The fraction of sp³-hybridized carbons (Fsp3) is 0.333. The molecule has 1 unspecified atom stereocenters. The zero-order valence-electron chi connectivity index (χ0n) is 7.37. The number of rotatable bonds is 3. The van der Waals surface area contributed by atoms with Crippen molar-refractivity contribution in [3.63, 3.8) is 0 Å². The third-order valence-electron chi connectivity index (χ3n) is 1.88. The Morgan fingerprint density at radius 2 is 2.14 bits per heavy atom. The van der Waals surface area contributed by atoms with Crippen LogP contribution in [0.25, 0.3) is 0 Å². The average molecular weight is 264 g/mol. The van der Waals surface area contributed by atoms with Gasteiger partial charge >= 0.3 is 0 Å². The van der Waals surface area contributed by atoms with Crippen molar-refractivity contribution in [1.82, 2.24) is 0 Å². The molecule has 1 atom stereocenters. The van der Waals surface area contributed by atoms with E-state index in [1.165, 1.54) is 12.1 Å². The summed E-state index contributed by atoms with van der Waals surface area (Å²) in [6.45, 7) is 0.253. The van der Waals surface area contributed by atoms with E-state index in [0.29, 0.717) is 4.47 Å². The van der Waals surface area contributed by atoms with Crippen molar-refractivity contribution in [1.29, 1.82) is 0 Å². The molecular weight excluding hydrogens is 253 g/mol. The van der Waals surface area contributed by atoms with E-state index in [1.54, 1.807) is 0 Å². The van der Waals surface area contributed by atoms with Gasteiger partial charge in [-0.3, -0.25) is 0 Å². The maximum absolute atomic E-state index is 13.4. The maximum atomic E-state index is 13.4. The predicted octanol–water partition coefficient (Wildman–Crippen LogP) is 1.68. The maximum Gasteiger partial charge on any atom is 0.171 e. The topological polar surface area (TPSA) is 66.5 Å². The van der Waals surface area contributed by atoms with Gasteiger partial charge in [0.05, 0.1) is 6.10 Å². The highest BCUT2D eigenvalue weighted by Gasteiger charge is 2.18. The van der Waals surface area contributed by atoms with Gasteiger partial charge in [-0.1, -0.05) is 15.9 Å². The number of nitrogens with two attached hydrogens (primary N) is 1. The number of hydrogen-bond donors (Lipinski definition) is 3. The summed E-state index contributed by atoms with van der Waals surface area (Å²) < 4.78 is 13.8. The molecule has 1 rings (SSSR count). The molecule has 14 heavy (non-hydrogen) atoms. The van der Waals surface area contributed by atoms with Gasteiger partial charge in [0.25, 0.3) is 0 Å². The lowest BCUT2D eigenvalue weighted by Crippen LogP contribution is -2.09.